The predicted molar refractivity (Wildman–Crippen MR) is 78.3 cm³/mol. The topological polar surface area (TPSA) is 58.6 Å². The van der Waals surface area contributed by atoms with Gasteiger partial charge in [0.1, 0.15) is 0 Å². The minimum absolute atomic E-state index is 0.0173. The summed E-state index contributed by atoms with van der Waals surface area (Å²) in [6.45, 7) is 5.81. The third kappa shape index (κ3) is 3.73. The van der Waals surface area contributed by atoms with E-state index in [-0.39, 0.29) is 18.4 Å². The van der Waals surface area contributed by atoms with Gasteiger partial charge in [-0.3, -0.25) is 4.79 Å². The van der Waals surface area contributed by atoms with E-state index in [0.29, 0.717) is 13.2 Å². The Hall–Kier alpha value is -0.610. The number of carbonyl (C=O) groups is 1. The van der Waals surface area contributed by atoms with Gasteiger partial charge in [-0.05, 0) is 50.4 Å². The Bertz CT molecular complexity index is 316. The van der Waals surface area contributed by atoms with Gasteiger partial charge in [0.25, 0.3) is 0 Å². The SMILES string of the molecule is CC(C)C1CCC(C(=O)NC2(CO)CCOCC2)CC1. The van der Waals surface area contributed by atoms with Gasteiger partial charge in [0.15, 0.2) is 0 Å². The van der Waals surface area contributed by atoms with Crippen LogP contribution < -0.4 is 5.32 Å². The normalized spacial score (nSPS) is 30.2. The van der Waals surface area contributed by atoms with Crippen LogP contribution in [0.5, 0.6) is 0 Å². The zero-order valence-electron chi connectivity index (χ0n) is 12.9. The van der Waals surface area contributed by atoms with Gasteiger partial charge in [-0.1, -0.05) is 13.8 Å². The molecule has 0 aromatic rings. The fraction of sp³-hybridized carbons (Fsp3) is 0.938. The highest BCUT2D eigenvalue weighted by Crippen LogP contribution is 2.34. The molecule has 0 bridgehead atoms. The van der Waals surface area contributed by atoms with Crippen molar-refractivity contribution in [1.29, 1.82) is 0 Å². The second kappa shape index (κ2) is 6.90. The van der Waals surface area contributed by atoms with E-state index in [4.69, 9.17) is 4.74 Å². The fourth-order valence-electron chi connectivity index (χ4n) is 3.50. The fourth-order valence-corrected chi connectivity index (χ4v) is 3.50. The van der Waals surface area contributed by atoms with Crippen molar-refractivity contribution in [3.8, 4) is 0 Å². The predicted octanol–water partition coefficient (Wildman–Crippen LogP) is 2.11. The van der Waals surface area contributed by atoms with E-state index < -0.39 is 5.54 Å². The number of rotatable bonds is 4. The van der Waals surface area contributed by atoms with Crippen molar-refractivity contribution in [2.24, 2.45) is 17.8 Å². The molecule has 1 amide bonds. The standard InChI is InChI=1S/C16H29NO3/c1-12(2)13-3-5-14(6-4-13)15(19)17-16(11-18)7-9-20-10-8-16/h12-14,18H,3-11H2,1-2H3,(H,17,19). The van der Waals surface area contributed by atoms with Gasteiger partial charge in [0, 0.05) is 19.1 Å². The molecule has 2 aliphatic rings. The molecule has 4 heteroatoms. The molecule has 0 spiro atoms. The van der Waals surface area contributed by atoms with Crippen LogP contribution in [-0.4, -0.2) is 36.4 Å². The number of ether oxygens (including phenoxy) is 1. The summed E-state index contributed by atoms with van der Waals surface area (Å²) in [5, 5.41) is 12.8. The van der Waals surface area contributed by atoms with Crippen LogP contribution in [0.1, 0.15) is 52.4 Å². The van der Waals surface area contributed by atoms with Crippen LogP contribution in [0.2, 0.25) is 0 Å². The molecule has 2 N–H and O–H groups in total. The molecule has 116 valence electrons. The maximum Gasteiger partial charge on any atom is 0.223 e. The molecule has 1 aliphatic heterocycles. The lowest BCUT2D eigenvalue weighted by atomic mass is 9.76. The maximum atomic E-state index is 12.4. The smallest absolute Gasteiger partial charge is 0.223 e. The number of carbonyl (C=O) groups excluding carboxylic acids is 1. The molecule has 1 heterocycles. The maximum absolute atomic E-state index is 12.4. The summed E-state index contributed by atoms with van der Waals surface area (Å²) in [5.41, 5.74) is -0.440. The van der Waals surface area contributed by atoms with Crippen LogP contribution in [-0.2, 0) is 9.53 Å². The first-order valence-electron chi connectivity index (χ1n) is 8.07. The van der Waals surface area contributed by atoms with Gasteiger partial charge in [0.2, 0.25) is 5.91 Å². The summed E-state index contributed by atoms with van der Waals surface area (Å²) in [7, 11) is 0. The van der Waals surface area contributed by atoms with Crippen molar-refractivity contribution in [3.63, 3.8) is 0 Å². The second-order valence-corrected chi connectivity index (χ2v) is 6.90. The van der Waals surface area contributed by atoms with Crippen molar-refractivity contribution >= 4 is 5.91 Å². The second-order valence-electron chi connectivity index (χ2n) is 6.90. The summed E-state index contributed by atoms with van der Waals surface area (Å²) >= 11 is 0. The number of aliphatic hydroxyl groups is 1. The zero-order chi connectivity index (χ0) is 14.6. The Labute approximate surface area is 122 Å². The average molecular weight is 283 g/mol. The monoisotopic (exact) mass is 283 g/mol. The summed E-state index contributed by atoms with van der Waals surface area (Å²) in [6, 6.07) is 0. The number of hydrogen-bond acceptors (Lipinski definition) is 3. The lowest BCUT2D eigenvalue weighted by Crippen LogP contribution is -2.56. The van der Waals surface area contributed by atoms with Gasteiger partial charge in [-0.15, -0.1) is 0 Å². The van der Waals surface area contributed by atoms with Crippen LogP contribution in [0.4, 0.5) is 0 Å². The molecule has 0 unspecified atom stereocenters. The zero-order valence-corrected chi connectivity index (χ0v) is 12.9. The number of nitrogens with one attached hydrogen (secondary N) is 1. The largest absolute Gasteiger partial charge is 0.394 e. The van der Waals surface area contributed by atoms with Crippen molar-refractivity contribution < 1.29 is 14.6 Å². The lowest BCUT2D eigenvalue weighted by molar-refractivity contribution is -0.130. The third-order valence-corrected chi connectivity index (χ3v) is 5.23. The van der Waals surface area contributed by atoms with Crippen LogP contribution in [0.25, 0.3) is 0 Å². The lowest BCUT2D eigenvalue weighted by Gasteiger charge is -2.38. The van der Waals surface area contributed by atoms with Crippen molar-refractivity contribution in [1.82, 2.24) is 5.32 Å². The summed E-state index contributed by atoms with van der Waals surface area (Å²) in [5.74, 6) is 1.77. The molecule has 0 aromatic heterocycles. The van der Waals surface area contributed by atoms with E-state index in [1.54, 1.807) is 0 Å². The molecule has 0 atom stereocenters. The van der Waals surface area contributed by atoms with Gasteiger partial charge >= 0.3 is 0 Å². The van der Waals surface area contributed by atoms with Gasteiger partial charge < -0.3 is 15.2 Å². The molecular weight excluding hydrogens is 254 g/mol. The first-order valence-corrected chi connectivity index (χ1v) is 8.07. The Morgan fingerprint density at radius 1 is 1.25 bits per heavy atom. The molecule has 2 fully saturated rings. The molecule has 1 aliphatic carbocycles. The van der Waals surface area contributed by atoms with Crippen LogP contribution >= 0.6 is 0 Å². The minimum atomic E-state index is -0.440. The molecule has 2 rings (SSSR count). The van der Waals surface area contributed by atoms with Gasteiger partial charge in [-0.2, -0.15) is 0 Å². The number of aliphatic hydroxyl groups excluding tert-OH is 1. The van der Waals surface area contributed by atoms with Crippen molar-refractivity contribution in [3.05, 3.63) is 0 Å². The Morgan fingerprint density at radius 3 is 2.35 bits per heavy atom. The average Bonchev–Trinajstić information content (AvgIpc) is 2.48. The van der Waals surface area contributed by atoms with E-state index >= 15 is 0 Å². The quantitative estimate of drug-likeness (QED) is 0.831. The Morgan fingerprint density at radius 2 is 1.85 bits per heavy atom. The number of hydrogen-bond donors (Lipinski definition) is 2. The van der Waals surface area contributed by atoms with Crippen LogP contribution in [0.15, 0.2) is 0 Å². The summed E-state index contributed by atoms with van der Waals surface area (Å²) in [4.78, 5) is 12.4. The van der Waals surface area contributed by atoms with Gasteiger partial charge in [-0.25, -0.2) is 0 Å². The number of amides is 1. The van der Waals surface area contributed by atoms with E-state index in [2.05, 4.69) is 19.2 Å². The molecule has 1 saturated heterocycles. The highest BCUT2D eigenvalue weighted by molar-refractivity contribution is 5.79. The van der Waals surface area contributed by atoms with E-state index in [9.17, 15) is 9.90 Å². The molecular formula is C16H29NO3. The molecule has 1 saturated carbocycles. The van der Waals surface area contributed by atoms with Crippen LogP contribution in [0.3, 0.4) is 0 Å². The summed E-state index contributed by atoms with van der Waals surface area (Å²) < 4.78 is 5.33. The van der Waals surface area contributed by atoms with Crippen LogP contribution in [0, 0.1) is 17.8 Å². The highest BCUT2D eigenvalue weighted by Gasteiger charge is 2.36. The molecule has 4 nitrogen and oxygen atoms in total. The van der Waals surface area contributed by atoms with E-state index in [0.717, 1.165) is 50.4 Å². The third-order valence-electron chi connectivity index (χ3n) is 5.23. The van der Waals surface area contributed by atoms with E-state index in [1.807, 2.05) is 0 Å². The molecule has 20 heavy (non-hydrogen) atoms. The Kier molecular flexibility index (Phi) is 5.44. The molecule has 0 radical (unpaired) electrons. The Balaban J connectivity index is 1.85. The summed E-state index contributed by atoms with van der Waals surface area (Å²) in [6.07, 6.45) is 5.74. The first-order chi connectivity index (χ1) is 9.56. The van der Waals surface area contributed by atoms with Crippen molar-refractivity contribution in [2.45, 2.75) is 57.9 Å². The van der Waals surface area contributed by atoms with Gasteiger partial charge in [0.05, 0.1) is 12.1 Å². The van der Waals surface area contributed by atoms with Crippen molar-refractivity contribution in [2.75, 3.05) is 19.8 Å². The highest BCUT2D eigenvalue weighted by atomic mass is 16.5. The van der Waals surface area contributed by atoms with E-state index in [1.165, 1.54) is 0 Å². The first kappa shape index (κ1) is 15.8. The minimum Gasteiger partial charge on any atom is -0.394 e. The molecule has 0 aromatic carbocycles.